The van der Waals surface area contributed by atoms with Crippen molar-refractivity contribution >= 4 is 29.2 Å². The first kappa shape index (κ1) is 20.2. The lowest BCUT2D eigenvalue weighted by Crippen LogP contribution is -2.31. The van der Waals surface area contributed by atoms with Gasteiger partial charge in [0.05, 0.1) is 17.6 Å². The van der Waals surface area contributed by atoms with E-state index in [1.54, 1.807) is 13.1 Å². The van der Waals surface area contributed by atoms with E-state index in [2.05, 4.69) is 0 Å². The number of para-hydroxylation sites is 1. The number of hydrogen-bond acceptors (Lipinski definition) is 6. The van der Waals surface area contributed by atoms with Gasteiger partial charge in [-0.25, -0.2) is 4.79 Å². The number of likely N-dealkylation sites (N-methyl/N-ethyl adjacent to an activating group) is 1. The van der Waals surface area contributed by atoms with E-state index in [1.807, 2.05) is 18.2 Å². The molecule has 0 bridgehead atoms. The van der Waals surface area contributed by atoms with Crippen molar-refractivity contribution < 1.29 is 24.0 Å². The second-order valence-corrected chi connectivity index (χ2v) is 5.97. The third-order valence-corrected chi connectivity index (χ3v) is 4.05. The number of esters is 1. The van der Waals surface area contributed by atoms with Crippen LogP contribution in [0, 0.1) is 10.1 Å². The van der Waals surface area contributed by atoms with E-state index in [0.717, 1.165) is 11.6 Å². The molecule has 1 amide bonds. The highest BCUT2D eigenvalue weighted by Crippen LogP contribution is 2.25. The van der Waals surface area contributed by atoms with E-state index in [9.17, 15) is 19.7 Å². The molecule has 27 heavy (non-hydrogen) atoms. The number of ether oxygens (including phenoxy) is 2. The zero-order chi connectivity index (χ0) is 20.0. The topological polar surface area (TPSA) is 99.0 Å². The first-order valence-corrected chi connectivity index (χ1v) is 8.18. The molecule has 0 heterocycles. The maximum atomic E-state index is 12.2. The number of benzene rings is 2. The van der Waals surface area contributed by atoms with Crippen molar-refractivity contribution in [2.24, 2.45) is 0 Å². The fraction of sp³-hybridized carbons (Fsp3) is 0.222. The Bertz CT molecular complexity index is 871. The van der Waals surface area contributed by atoms with Gasteiger partial charge in [-0.15, -0.1) is 0 Å². The van der Waals surface area contributed by atoms with Crippen molar-refractivity contribution in [2.45, 2.75) is 6.54 Å². The number of nitro groups is 1. The molecule has 9 heteroatoms. The van der Waals surface area contributed by atoms with Gasteiger partial charge in [0.2, 0.25) is 0 Å². The summed E-state index contributed by atoms with van der Waals surface area (Å²) in [6.07, 6.45) is 0. The molecular weight excluding hydrogens is 376 g/mol. The smallest absolute Gasteiger partial charge is 0.338 e. The molecule has 0 aliphatic heterocycles. The Morgan fingerprint density at radius 3 is 2.59 bits per heavy atom. The summed E-state index contributed by atoms with van der Waals surface area (Å²) in [7, 11) is 3.10. The van der Waals surface area contributed by atoms with Crippen LogP contribution in [0.25, 0.3) is 0 Å². The van der Waals surface area contributed by atoms with E-state index in [-0.39, 0.29) is 17.1 Å². The fourth-order valence-electron chi connectivity index (χ4n) is 2.28. The normalized spacial score (nSPS) is 10.2. The van der Waals surface area contributed by atoms with Gasteiger partial charge in [0, 0.05) is 25.2 Å². The van der Waals surface area contributed by atoms with Crippen LogP contribution in [-0.4, -0.2) is 42.5 Å². The number of amides is 1. The van der Waals surface area contributed by atoms with Crippen LogP contribution in [0.5, 0.6) is 5.75 Å². The molecule has 0 aliphatic carbocycles. The summed E-state index contributed by atoms with van der Waals surface area (Å²) >= 11 is 5.70. The Hall–Kier alpha value is -3.13. The molecule has 0 saturated heterocycles. The summed E-state index contributed by atoms with van der Waals surface area (Å²) in [5.41, 5.74) is 0.326. The van der Waals surface area contributed by atoms with E-state index in [4.69, 9.17) is 21.1 Å². The average molecular weight is 393 g/mol. The van der Waals surface area contributed by atoms with Crippen LogP contribution in [0.1, 0.15) is 15.9 Å². The van der Waals surface area contributed by atoms with E-state index < -0.39 is 29.1 Å². The number of nitrogens with zero attached hydrogens (tertiary/aromatic N) is 2. The highest BCUT2D eigenvalue weighted by Gasteiger charge is 2.19. The van der Waals surface area contributed by atoms with Crippen LogP contribution in [0.2, 0.25) is 5.02 Å². The third kappa shape index (κ3) is 5.18. The van der Waals surface area contributed by atoms with Crippen LogP contribution in [0.3, 0.4) is 0 Å². The molecule has 0 radical (unpaired) electrons. The van der Waals surface area contributed by atoms with E-state index in [0.29, 0.717) is 5.75 Å². The molecule has 0 atom stereocenters. The maximum Gasteiger partial charge on any atom is 0.338 e. The summed E-state index contributed by atoms with van der Waals surface area (Å²) in [5.74, 6) is -0.644. The molecule has 0 unspecified atom stereocenters. The number of methoxy groups -OCH3 is 1. The standard InChI is InChI=1S/C18H17ClN2O6/c1-20(10-13-5-3-4-6-16(13)26-2)17(22)11-27-18(23)12-7-8-14(19)15(9-12)21(24)25/h3-9H,10-11H2,1-2H3. The lowest BCUT2D eigenvalue weighted by atomic mass is 10.2. The molecule has 0 fully saturated rings. The van der Waals surface area contributed by atoms with Gasteiger partial charge >= 0.3 is 5.97 Å². The number of nitro benzene ring substituents is 1. The first-order valence-electron chi connectivity index (χ1n) is 7.80. The van der Waals surface area contributed by atoms with Crippen molar-refractivity contribution in [3.63, 3.8) is 0 Å². The second kappa shape index (κ2) is 9.00. The highest BCUT2D eigenvalue weighted by atomic mass is 35.5. The lowest BCUT2D eigenvalue weighted by Gasteiger charge is -2.18. The van der Waals surface area contributed by atoms with Crippen molar-refractivity contribution in [2.75, 3.05) is 20.8 Å². The van der Waals surface area contributed by atoms with Crippen molar-refractivity contribution in [3.05, 3.63) is 68.7 Å². The number of rotatable bonds is 7. The van der Waals surface area contributed by atoms with E-state index in [1.165, 1.54) is 24.1 Å². The van der Waals surface area contributed by atoms with Crippen LogP contribution in [0.15, 0.2) is 42.5 Å². The number of hydrogen-bond donors (Lipinski definition) is 0. The summed E-state index contributed by atoms with van der Waals surface area (Å²) in [4.78, 5) is 35.8. The monoisotopic (exact) mass is 392 g/mol. The molecule has 2 aromatic carbocycles. The summed E-state index contributed by atoms with van der Waals surface area (Å²) in [6, 6.07) is 10.8. The van der Waals surface area contributed by atoms with Gasteiger partial charge in [-0.05, 0) is 18.2 Å². The first-order chi connectivity index (χ1) is 12.8. The second-order valence-electron chi connectivity index (χ2n) is 5.56. The largest absolute Gasteiger partial charge is 0.496 e. The Morgan fingerprint density at radius 1 is 1.22 bits per heavy atom. The lowest BCUT2D eigenvalue weighted by molar-refractivity contribution is -0.384. The summed E-state index contributed by atoms with van der Waals surface area (Å²) < 4.78 is 10.2. The minimum Gasteiger partial charge on any atom is -0.496 e. The molecular formula is C18H17ClN2O6. The maximum absolute atomic E-state index is 12.2. The predicted octanol–water partition coefficient (Wildman–Crippen LogP) is 3.07. The molecule has 2 rings (SSSR count). The van der Waals surface area contributed by atoms with Gasteiger partial charge in [-0.2, -0.15) is 0 Å². The van der Waals surface area contributed by atoms with Crippen molar-refractivity contribution in [1.82, 2.24) is 4.90 Å². The zero-order valence-corrected chi connectivity index (χ0v) is 15.4. The van der Waals surface area contributed by atoms with Crippen molar-refractivity contribution in [1.29, 1.82) is 0 Å². The quantitative estimate of drug-likeness (QED) is 0.408. The Kier molecular flexibility index (Phi) is 6.73. The number of carbonyl (C=O) groups excluding carboxylic acids is 2. The van der Waals surface area contributed by atoms with Gasteiger partial charge in [0.1, 0.15) is 10.8 Å². The van der Waals surface area contributed by atoms with Crippen LogP contribution in [0.4, 0.5) is 5.69 Å². The molecule has 142 valence electrons. The number of halogens is 1. The van der Waals surface area contributed by atoms with Gasteiger partial charge in [0.15, 0.2) is 6.61 Å². The Labute approximate surface area is 160 Å². The fourth-order valence-corrected chi connectivity index (χ4v) is 2.46. The molecule has 0 spiro atoms. The molecule has 8 nitrogen and oxygen atoms in total. The van der Waals surface area contributed by atoms with Gasteiger partial charge < -0.3 is 14.4 Å². The van der Waals surface area contributed by atoms with Crippen LogP contribution < -0.4 is 4.74 Å². The van der Waals surface area contributed by atoms with Gasteiger partial charge in [-0.3, -0.25) is 14.9 Å². The predicted molar refractivity (Wildman–Crippen MR) is 97.9 cm³/mol. The number of carbonyl (C=O) groups is 2. The minimum atomic E-state index is -0.853. The third-order valence-electron chi connectivity index (χ3n) is 3.73. The summed E-state index contributed by atoms with van der Waals surface area (Å²) in [5, 5.41) is 10.8. The van der Waals surface area contributed by atoms with Crippen LogP contribution in [-0.2, 0) is 16.1 Å². The van der Waals surface area contributed by atoms with Crippen LogP contribution >= 0.6 is 11.6 Å². The van der Waals surface area contributed by atoms with Crippen molar-refractivity contribution in [3.8, 4) is 5.75 Å². The average Bonchev–Trinajstić information content (AvgIpc) is 2.66. The molecule has 0 aliphatic rings. The minimum absolute atomic E-state index is 0.0636. The molecule has 0 N–H and O–H groups in total. The molecule has 0 aromatic heterocycles. The van der Waals surface area contributed by atoms with Gasteiger partial charge in [0.25, 0.3) is 11.6 Å². The zero-order valence-electron chi connectivity index (χ0n) is 14.7. The summed E-state index contributed by atoms with van der Waals surface area (Å²) in [6.45, 7) is -0.228. The molecule has 2 aromatic rings. The highest BCUT2D eigenvalue weighted by molar-refractivity contribution is 6.32. The Morgan fingerprint density at radius 2 is 1.93 bits per heavy atom. The van der Waals surface area contributed by atoms with Gasteiger partial charge in [-0.1, -0.05) is 29.8 Å². The SMILES string of the molecule is COc1ccccc1CN(C)C(=O)COC(=O)c1ccc(Cl)c([N+](=O)[O-])c1. The molecule has 0 saturated carbocycles. The van der Waals surface area contributed by atoms with E-state index >= 15 is 0 Å². The Balaban J connectivity index is 1.97.